The zero-order valence-corrected chi connectivity index (χ0v) is 10.2. The van der Waals surface area contributed by atoms with Crippen LogP contribution in [0.1, 0.15) is 5.56 Å². The Morgan fingerprint density at radius 2 is 2.00 bits per heavy atom. The first-order valence-electron chi connectivity index (χ1n) is 4.25. The SMILES string of the molecule is FC(F)(F)c1cccc(-c2nc(Br)cs2)c1. The summed E-state index contributed by atoms with van der Waals surface area (Å²) in [5.41, 5.74) is -0.179. The Hall–Kier alpha value is -0.880. The summed E-state index contributed by atoms with van der Waals surface area (Å²) < 4.78 is 38.0. The Morgan fingerprint density at radius 1 is 1.25 bits per heavy atom. The lowest BCUT2D eigenvalue weighted by atomic mass is 10.1. The predicted molar refractivity (Wildman–Crippen MR) is 60.3 cm³/mol. The van der Waals surface area contributed by atoms with Crippen molar-refractivity contribution in [3.63, 3.8) is 0 Å². The molecule has 0 atom stereocenters. The van der Waals surface area contributed by atoms with Crippen LogP contribution in [0.4, 0.5) is 13.2 Å². The summed E-state index contributed by atoms with van der Waals surface area (Å²) in [6, 6.07) is 5.14. The van der Waals surface area contributed by atoms with Crippen LogP contribution >= 0.6 is 27.3 Å². The van der Waals surface area contributed by atoms with E-state index in [0.29, 0.717) is 15.2 Å². The highest BCUT2D eigenvalue weighted by Gasteiger charge is 2.30. The number of alkyl halides is 3. The van der Waals surface area contributed by atoms with Crippen LogP contribution in [0.15, 0.2) is 34.2 Å². The third-order valence-electron chi connectivity index (χ3n) is 1.91. The van der Waals surface area contributed by atoms with Gasteiger partial charge in [-0.1, -0.05) is 12.1 Å². The minimum atomic E-state index is -4.31. The summed E-state index contributed by atoms with van der Waals surface area (Å²) in [5, 5.41) is 2.30. The van der Waals surface area contributed by atoms with E-state index >= 15 is 0 Å². The van der Waals surface area contributed by atoms with Crippen molar-refractivity contribution in [1.82, 2.24) is 4.98 Å². The van der Waals surface area contributed by atoms with Crippen molar-refractivity contribution in [2.45, 2.75) is 6.18 Å². The fourth-order valence-electron chi connectivity index (χ4n) is 1.22. The second-order valence-corrected chi connectivity index (χ2v) is 4.72. The van der Waals surface area contributed by atoms with Gasteiger partial charge in [-0.25, -0.2) is 4.98 Å². The van der Waals surface area contributed by atoms with Crippen molar-refractivity contribution < 1.29 is 13.2 Å². The normalized spacial score (nSPS) is 11.8. The molecule has 0 spiro atoms. The van der Waals surface area contributed by atoms with E-state index < -0.39 is 11.7 Å². The highest BCUT2D eigenvalue weighted by atomic mass is 79.9. The summed E-state index contributed by atoms with van der Waals surface area (Å²) in [7, 11) is 0. The fourth-order valence-corrected chi connectivity index (χ4v) is 2.47. The van der Waals surface area contributed by atoms with Crippen LogP contribution in [0, 0.1) is 0 Å². The van der Waals surface area contributed by atoms with Crippen molar-refractivity contribution in [2.24, 2.45) is 0 Å². The van der Waals surface area contributed by atoms with Crippen molar-refractivity contribution in [3.05, 3.63) is 39.8 Å². The van der Waals surface area contributed by atoms with Crippen LogP contribution in [0.2, 0.25) is 0 Å². The van der Waals surface area contributed by atoms with Gasteiger partial charge in [0.1, 0.15) is 9.61 Å². The van der Waals surface area contributed by atoms with Crippen molar-refractivity contribution in [2.75, 3.05) is 0 Å². The molecule has 0 N–H and O–H groups in total. The van der Waals surface area contributed by atoms with Crippen molar-refractivity contribution in [1.29, 1.82) is 0 Å². The molecule has 1 nitrogen and oxygen atoms in total. The number of hydrogen-bond donors (Lipinski definition) is 0. The fraction of sp³-hybridized carbons (Fsp3) is 0.100. The molecule has 2 aromatic rings. The van der Waals surface area contributed by atoms with Crippen LogP contribution in [-0.4, -0.2) is 4.98 Å². The Morgan fingerprint density at radius 3 is 2.56 bits per heavy atom. The maximum absolute atomic E-state index is 12.5. The summed E-state index contributed by atoms with van der Waals surface area (Å²) in [5.74, 6) is 0. The van der Waals surface area contributed by atoms with E-state index in [-0.39, 0.29) is 0 Å². The molecule has 1 aromatic heterocycles. The number of thiazole rings is 1. The van der Waals surface area contributed by atoms with Crippen LogP contribution in [0.25, 0.3) is 10.6 Å². The number of rotatable bonds is 1. The van der Waals surface area contributed by atoms with Gasteiger partial charge >= 0.3 is 6.18 Å². The highest BCUT2D eigenvalue weighted by Crippen LogP contribution is 2.33. The molecule has 0 radical (unpaired) electrons. The zero-order valence-electron chi connectivity index (χ0n) is 7.75. The molecule has 1 aromatic carbocycles. The molecule has 0 amide bonds. The van der Waals surface area contributed by atoms with Gasteiger partial charge in [-0.15, -0.1) is 11.3 Å². The molecule has 6 heteroatoms. The molecule has 0 aliphatic rings. The Balaban J connectivity index is 2.44. The lowest BCUT2D eigenvalue weighted by Gasteiger charge is -2.07. The summed E-state index contributed by atoms with van der Waals surface area (Å²) in [6.45, 7) is 0. The first kappa shape index (κ1) is 11.6. The van der Waals surface area contributed by atoms with E-state index in [1.54, 1.807) is 11.4 Å². The minimum absolute atomic E-state index is 0.477. The first-order valence-corrected chi connectivity index (χ1v) is 5.93. The monoisotopic (exact) mass is 307 g/mol. The van der Waals surface area contributed by atoms with Crippen LogP contribution in [0.5, 0.6) is 0 Å². The molecule has 0 aliphatic carbocycles. The van der Waals surface area contributed by atoms with Gasteiger partial charge in [-0.05, 0) is 28.1 Å². The third kappa shape index (κ3) is 2.44. The molecule has 0 bridgehead atoms. The standard InChI is InChI=1S/C10H5BrF3NS/c11-8-5-16-9(15-8)6-2-1-3-7(4-6)10(12,13)14/h1-5H. The van der Waals surface area contributed by atoms with Gasteiger partial charge < -0.3 is 0 Å². The number of aromatic nitrogens is 1. The zero-order chi connectivity index (χ0) is 11.8. The van der Waals surface area contributed by atoms with Crippen LogP contribution < -0.4 is 0 Å². The van der Waals surface area contributed by atoms with Gasteiger partial charge in [0.25, 0.3) is 0 Å². The summed E-state index contributed by atoms with van der Waals surface area (Å²) in [4.78, 5) is 4.07. The number of halogens is 4. The maximum atomic E-state index is 12.5. The quantitative estimate of drug-likeness (QED) is 0.751. The molecule has 1 heterocycles. The van der Waals surface area contributed by atoms with Gasteiger partial charge in [-0.2, -0.15) is 13.2 Å². The Bertz CT molecular complexity index is 507. The van der Waals surface area contributed by atoms with E-state index in [2.05, 4.69) is 20.9 Å². The van der Waals surface area contributed by atoms with Gasteiger partial charge in [-0.3, -0.25) is 0 Å². The predicted octanol–water partition coefficient (Wildman–Crippen LogP) is 4.59. The third-order valence-corrected chi connectivity index (χ3v) is 3.51. The van der Waals surface area contributed by atoms with Crippen LogP contribution in [0.3, 0.4) is 0 Å². The summed E-state index contributed by atoms with van der Waals surface area (Å²) >= 11 is 4.46. The Labute approximate surface area is 102 Å². The second kappa shape index (κ2) is 4.18. The second-order valence-electron chi connectivity index (χ2n) is 3.05. The molecule has 0 saturated carbocycles. The largest absolute Gasteiger partial charge is 0.416 e. The van der Waals surface area contributed by atoms with Gasteiger partial charge in [0, 0.05) is 10.9 Å². The number of hydrogen-bond acceptors (Lipinski definition) is 2. The molecule has 0 fully saturated rings. The smallest absolute Gasteiger partial charge is 0.229 e. The average Bonchev–Trinajstić information content (AvgIpc) is 2.64. The number of benzene rings is 1. The van der Waals surface area contributed by atoms with Gasteiger partial charge in [0.2, 0.25) is 0 Å². The molecular weight excluding hydrogens is 303 g/mol. The topological polar surface area (TPSA) is 12.9 Å². The molecule has 2 rings (SSSR count). The van der Waals surface area contributed by atoms with E-state index in [1.165, 1.54) is 17.4 Å². The molecule has 16 heavy (non-hydrogen) atoms. The summed E-state index contributed by atoms with van der Waals surface area (Å²) in [6.07, 6.45) is -4.31. The van der Waals surface area contributed by atoms with E-state index in [1.807, 2.05) is 0 Å². The lowest BCUT2D eigenvalue weighted by molar-refractivity contribution is -0.137. The minimum Gasteiger partial charge on any atom is -0.229 e. The highest BCUT2D eigenvalue weighted by molar-refractivity contribution is 9.10. The first-order chi connectivity index (χ1) is 7.47. The molecular formula is C10H5BrF3NS. The Kier molecular flexibility index (Phi) is 3.03. The van der Waals surface area contributed by atoms with Crippen molar-refractivity contribution in [3.8, 4) is 10.6 Å². The molecule has 84 valence electrons. The van der Waals surface area contributed by atoms with Gasteiger partial charge in [0.05, 0.1) is 5.56 Å². The van der Waals surface area contributed by atoms with E-state index in [4.69, 9.17) is 0 Å². The van der Waals surface area contributed by atoms with E-state index in [9.17, 15) is 13.2 Å². The van der Waals surface area contributed by atoms with Crippen molar-refractivity contribution >= 4 is 27.3 Å². The molecule has 0 unspecified atom stereocenters. The average molecular weight is 308 g/mol. The number of nitrogens with zero attached hydrogens (tertiary/aromatic N) is 1. The van der Waals surface area contributed by atoms with E-state index in [0.717, 1.165) is 12.1 Å². The molecule has 0 saturated heterocycles. The molecule has 0 aliphatic heterocycles. The lowest BCUT2D eigenvalue weighted by Crippen LogP contribution is -2.04. The van der Waals surface area contributed by atoms with Gasteiger partial charge in [0.15, 0.2) is 0 Å². The van der Waals surface area contributed by atoms with Crippen LogP contribution in [-0.2, 0) is 6.18 Å². The maximum Gasteiger partial charge on any atom is 0.416 e.